The molecule has 3 aromatic heterocycles. The summed E-state index contributed by atoms with van der Waals surface area (Å²) in [6.07, 6.45) is 1.92. The number of aryl methyl sites for hydroxylation is 2. The fraction of sp³-hybridized carbons (Fsp3) is 0.150. The van der Waals surface area contributed by atoms with Crippen molar-refractivity contribution in [3.63, 3.8) is 0 Å². The van der Waals surface area contributed by atoms with E-state index in [9.17, 15) is 4.79 Å². The molecule has 0 atom stereocenters. The van der Waals surface area contributed by atoms with E-state index in [0.717, 1.165) is 28.3 Å². The van der Waals surface area contributed by atoms with Gasteiger partial charge in [0, 0.05) is 29.8 Å². The molecule has 0 aliphatic carbocycles. The van der Waals surface area contributed by atoms with E-state index < -0.39 is 0 Å². The van der Waals surface area contributed by atoms with E-state index >= 15 is 0 Å². The van der Waals surface area contributed by atoms with Crippen molar-refractivity contribution in [1.29, 1.82) is 0 Å². The number of carbonyl (C=O) groups is 1. The van der Waals surface area contributed by atoms with Crippen LogP contribution in [-0.2, 0) is 13.7 Å². The molecule has 3 heterocycles. The molecule has 0 unspecified atom stereocenters. The van der Waals surface area contributed by atoms with Crippen LogP contribution in [-0.4, -0.2) is 20.7 Å². The molecule has 4 aromatic rings. The number of hydrogen-bond donors (Lipinski definition) is 1. The van der Waals surface area contributed by atoms with Gasteiger partial charge in [-0.1, -0.05) is 18.2 Å². The van der Waals surface area contributed by atoms with Crippen LogP contribution < -0.4 is 10.1 Å². The van der Waals surface area contributed by atoms with Gasteiger partial charge in [-0.15, -0.1) is 22.7 Å². The summed E-state index contributed by atoms with van der Waals surface area (Å²) in [5.41, 5.74) is 3.65. The van der Waals surface area contributed by atoms with Crippen molar-refractivity contribution >= 4 is 33.7 Å². The third-order valence-corrected chi connectivity index (χ3v) is 5.78. The maximum atomic E-state index is 12.5. The predicted molar refractivity (Wildman–Crippen MR) is 112 cm³/mol. The van der Waals surface area contributed by atoms with Gasteiger partial charge in [-0.25, -0.2) is 4.98 Å². The summed E-state index contributed by atoms with van der Waals surface area (Å²) in [4.78, 5) is 17.7. The zero-order valence-corrected chi connectivity index (χ0v) is 17.0. The molecule has 1 aromatic carbocycles. The van der Waals surface area contributed by atoms with E-state index in [4.69, 9.17) is 4.74 Å². The van der Waals surface area contributed by atoms with Crippen LogP contribution in [0.25, 0.3) is 11.3 Å². The lowest BCUT2D eigenvalue weighted by Crippen LogP contribution is -2.09. The summed E-state index contributed by atoms with van der Waals surface area (Å²) in [7, 11) is 1.88. The van der Waals surface area contributed by atoms with Crippen LogP contribution in [0.5, 0.6) is 5.75 Å². The number of thiophene rings is 1. The number of thiazole rings is 1. The van der Waals surface area contributed by atoms with Crippen LogP contribution in [0.4, 0.5) is 5.13 Å². The molecule has 8 heteroatoms. The lowest BCUT2D eigenvalue weighted by atomic mass is 10.2. The molecule has 0 radical (unpaired) electrons. The third-order valence-electron chi connectivity index (χ3n) is 4.04. The topological polar surface area (TPSA) is 69.0 Å². The number of para-hydroxylation sites is 1. The number of benzene rings is 1. The quantitative estimate of drug-likeness (QED) is 0.498. The van der Waals surface area contributed by atoms with Crippen LogP contribution in [0.1, 0.15) is 20.9 Å². The molecule has 4 rings (SSSR count). The van der Waals surface area contributed by atoms with E-state index in [1.54, 1.807) is 4.68 Å². The van der Waals surface area contributed by atoms with Gasteiger partial charge in [-0.3, -0.25) is 14.8 Å². The SMILES string of the molecule is Cc1nn(C)cc1-c1csc(NC(=O)c2cc(COc3ccccc3)cs2)n1. The smallest absolute Gasteiger partial charge is 0.267 e. The number of rotatable bonds is 6. The highest BCUT2D eigenvalue weighted by atomic mass is 32.1. The molecular weight excluding hydrogens is 392 g/mol. The Bertz CT molecular complexity index is 1100. The minimum Gasteiger partial charge on any atom is -0.489 e. The molecule has 1 amide bonds. The molecule has 0 aliphatic rings. The average molecular weight is 411 g/mol. The summed E-state index contributed by atoms with van der Waals surface area (Å²) >= 11 is 2.79. The molecule has 0 saturated carbocycles. The number of aromatic nitrogens is 3. The van der Waals surface area contributed by atoms with Gasteiger partial charge < -0.3 is 4.74 Å². The lowest BCUT2D eigenvalue weighted by Gasteiger charge is -2.03. The molecule has 28 heavy (non-hydrogen) atoms. The highest BCUT2D eigenvalue weighted by molar-refractivity contribution is 7.14. The molecule has 6 nitrogen and oxygen atoms in total. The first-order valence-electron chi connectivity index (χ1n) is 8.61. The van der Waals surface area contributed by atoms with Crippen LogP contribution in [0.3, 0.4) is 0 Å². The molecule has 0 spiro atoms. The summed E-state index contributed by atoms with van der Waals surface area (Å²) in [5.74, 6) is 0.639. The number of anilines is 1. The minimum atomic E-state index is -0.167. The summed E-state index contributed by atoms with van der Waals surface area (Å²) in [6.45, 7) is 2.37. The maximum absolute atomic E-state index is 12.5. The second-order valence-electron chi connectivity index (χ2n) is 6.21. The van der Waals surface area contributed by atoms with Crippen molar-refractivity contribution in [3.05, 3.63) is 69.5 Å². The Hall–Kier alpha value is -2.97. The molecule has 142 valence electrons. The van der Waals surface area contributed by atoms with Crippen molar-refractivity contribution in [3.8, 4) is 17.0 Å². The number of carbonyl (C=O) groups excluding carboxylic acids is 1. The van der Waals surface area contributed by atoms with Gasteiger partial charge in [-0.05, 0) is 30.5 Å². The Morgan fingerprint density at radius 2 is 2.04 bits per heavy atom. The van der Waals surface area contributed by atoms with Crippen LogP contribution in [0.15, 0.2) is 53.4 Å². The first kappa shape index (κ1) is 18.4. The van der Waals surface area contributed by atoms with Crippen LogP contribution in [0, 0.1) is 6.92 Å². The molecule has 1 N–H and O–H groups in total. The number of ether oxygens (including phenoxy) is 1. The van der Waals surface area contributed by atoms with Gasteiger partial charge >= 0.3 is 0 Å². The zero-order valence-electron chi connectivity index (χ0n) is 15.4. The third kappa shape index (κ3) is 4.13. The Morgan fingerprint density at radius 3 is 2.79 bits per heavy atom. The number of nitrogens with one attached hydrogen (secondary N) is 1. The van der Waals surface area contributed by atoms with E-state index in [0.29, 0.717) is 16.6 Å². The van der Waals surface area contributed by atoms with Gasteiger partial charge in [0.25, 0.3) is 5.91 Å². The monoisotopic (exact) mass is 410 g/mol. The van der Waals surface area contributed by atoms with E-state index in [-0.39, 0.29) is 5.91 Å². The van der Waals surface area contributed by atoms with Gasteiger partial charge in [0.2, 0.25) is 0 Å². The Labute approximate surface area is 170 Å². The van der Waals surface area contributed by atoms with Gasteiger partial charge in [0.15, 0.2) is 5.13 Å². The largest absolute Gasteiger partial charge is 0.489 e. The molecule has 0 bridgehead atoms. The average Bonchev–Trinajstić information content (AvgIpc) is 3.41. The van der Waals surface area contributed by atoms with Crippen molar-refractivity contribution in [1.82, 2.24) is 14.8 Å². The second-order valence-corrected chi connectivity index (χ2v) is 7.98. The summed E-state index contributed by atoms with van der Waals surface area (Å²) < 4.78 is 7.48. The highest BCUT2D eigenvalue weighted by Gasteiger charge is 2.14. The minimum absolute atomic E-state index is 0.167. The van der Waals surface area contributed by atoms with E-state index in [1.807, 2.05) is 67.3 Å². The van der Waals surface area contributed by atoms with Gasteiger partial charge in [0.05, 0.1) is 16.3 Å². The van der Waals surface area contributed by atoms with Crippen molar-refractivity contribution in [2.24, 2.45) is 7.05 Å². The first-order valence-corrected chi connectivity index (χ1v) is 10.4. The molecule has 0 fully saturated rings. The van der Waals surface area contributed by atoms with Crippen molar-refractivity contribution in [2.45, 2.75) is 13.5 Å². The van der Waals surface area contributed by atoms with Crippen LogP contribution >= 0.6 is 22.7 Å². The normalized spacial score (nSPS) is 10.8. The fourth-order valence-electron chi connectivity index (χ4n) is 2.72. The van der Waals surface area contributed by atoms with Crippen molar-refractivity contribution < 1.29 is 9.53 Å². The number of hydrogen-bond acceptors (Lipinski definition) is 6. The number of nitrogens with zero attached hydrogens (tertiary/aromatic N) is 3. The van der Waals surface area contributed by atoms with E-state index in [1.165, 1.54) is 22.7 Å². The predicted octanol–water partition coefficient (Wildman–Crippen LogP) is 4.74. The Balaban J connectivity index is 1.39. The van der Waals surface area contributed by atoms with Crippen LogP contribution in [0.2, 0.25) is 0 Å². The zero-order chi connectivity index (χ0) is 19.5. The second kappa shape index (κ2) is 7.95. The first-order chi connectivity index (χ1) is 13.6. The Morgan fingerprint density at radius 1 is 1.21 bits per heavy atom. The molecular formula is C20H18N4O2S2. The highest BCUT2D eigenvalue weighted by Crippen LogP contribution is 2.27. The standard InChI is InChI=1S/C20H18N4O2S2/c1-13-16(9-24(2)23-13)17-12-28-20(21-17)22-19(25)18-8-14(11-27-18)10-26-15-6-4-3-5-7-15/h3-9,11-12H,10H2,1-2H3,(H,21,22,25). The van der Waals surface area contributed by atoms with Gasteiger partial charge in [-0.2, -0.15) is 5.10 Å². The van der Waals surface area contributed by atoms with Gasteiger partial charge in [0.1, 0.15) is 12.4 Å². The molecule has 0 saturated heterocycles. The van der Waals surface area contributed by atoms with E-state index in [2.05, 4.69) is 15.4 Å². The molecule has 0 aliphatic heterocycles. The lowest BCUT2D eigenvalue weighted by molar-refractivity contribution is 0.103. The number of amides is 1. The summed E-state index contributed by atoms with van der Waals surface area (Å²) in [6, 6.07) is 11.5. The maximum Gasteiger partial charge on any atom is 0.267 e. The Kier molecular flexibility index (Phi) is 5.23. The fourth-order valence-corrected chi connectivity index (χ4v) is 4.22. The summed E-state index contributed by atoms with van der Waals surface area (Å²) in [5, 5.41) is 11.6. The van der Waals surface area contributed by atoms with Crippen molar-refractivity contribution in [2.75, 3.05) is 5.32 Å².